The van der Waals surface area contributed by atoms with Crippen molar-refractivity contribution < 1.29 is 19.0 Å². The van der Waals surface area contributed by atoms with Crippen LogP contribution in [0.3, 0.4) is 0 Å². The molecule has 0 bridgehead atoms. The minimum absolute atomic E-state index is 0.390. The molecule has 7 heteroatoms. The van der Waals surface area contributed by atoms with E-state index >= 15 is 0 Å². The van der Waals surface area contributed by atoms with Crippen molar-refractivity contribution in [2.45, 2.75) is 13.0 Å². The largest absolute Gasteiger partial charge is 0.497 e. The number of nitrogens with zero attached hydrogens (tertiary/aromatic N) is 2. The Morgan fingerprint density at radius 1 is 1.13 bits per heavy atom. The summed E-state index contributed by atoms with van der Waals surface area (Å²) in [5, 5.41) is 4.26. The van der Waals surface area contributed by atoms with Crippen LogP contribution in [0, 0.1) is 0 Å². The first-order valence-electron chi connectivity index (χ1n) is 6.92. The second-order valence-electron chi connectivity index (χ2n) is 4.77. The van der Waals surface area contributed by atoms with Gasteiger partial charge in [0, 0.05) is 17.7 Å². The molecule has 0 saturated heterocycles. The van der Waals surface area contributed by atoms with Crippen LogP contribution in [-0.2, 0) is 9.53 Å². The maximum atomic E-state index is 12.0. The Hall–Kier alpha value is -2.83. The number of hydrogen-bond acceptors (Lipinski definition) is 6. The van der Waals surface area contributed by atoms with E-state index in [1.54, 1.807) is 38.3 Å². The molecule has 1 atom stereocenters. The van der Waals surface area contributed by atoms with E-state index in [0.717, 1.165) is 4.68 Å². The molecule has 0 N–H and O–H groups in total. The lowest BCUT2D eigenvalue weighted by Gasteiger charge is -2.14. The number of carbonyl (C=O) groups excluding carboxylic acids is 1. The third-order valence-corrected chi connectivity index (χ3v) is 3.42. The summed E-state index contributed by atoms with van der Waals surface area (Å²) in [7, 11) is 4.36. The molecule has 0 spiro atoms. The number of rotatable bonds is 5. The zero-order valence-electron chi connectivity index (χ0n) is 13.4. The Labute approximate surface area is 133 Å². The molecule has 0 aliphatic heterocycles. The van der Waals surface area contributed by atoms with E-state index in [2.05, 4.69) is 9.84 Å². The summed E-state index contributed by atoms with van der Waals surface area (Å²) in [6.45, 7) is 1.55. The van der Waals surface area contributed by atoms with Crippen LogP contribution in [0.2, 0.25) is 0 Å². The number of methoxy groups -OCH3 is 3. The monoisotopic (exact) mass is 318 g/mol. The molecule has 0 amide bonds. The van der Waals surface area contributed by atoms with Crippen LogP contribution < -0.4 is 15.0 Å². The molecule has 1 aromatic carbocycles. The van der Waals surface area contributed by atoms with Gasteiger partial charge in [0.05, 0.1) is 27.0 Å². The Morgan fingerprint density at radius 3 is 2.48 bits per heavy atom. The SMILES string of the molecule is COC(=O)[C@H](C)n1nc(-c2ccc(OC)cc2OC)ccc1=O. The predicted molar refractivity (Wildman–Crippen MR) is 83.8 cm³/mol. The summed E-state index contributed by atoms with van der Waals surface area (Å²) in [6.07, 6.45) is 0. The fourth-order valence-corrected chi connectivity index (χ4v) is 2.13. The average Bonchev–Trinajstić information content (AvgIpc) is 2.60. The van der Waals surface area contributed by atoms with Crippen molar-refractivity contribution in [3.05, 3.63) is 40.7 Å². The van der Waals surface area contributed by atoms with Gasteiger partial charge in [0.15, 0.2) is 6.04 Å². The molecule has 0 aliphatic carbocycles. The van der Waals surface area contributed by atoms with E-state index in [0.29, 0.717) is 22.8 Å². The maximum absolute atomic E-state index is 12.0. The summed E-state index contributed by atoms with van der Waals surface area (Å²) in [5.41, 5.74) is 0.790. The van der Waals surface area contributed by atoms with Gasteiger partial charge in [-0.25, -0.2) is 9.48 Å². The van der Waals surface area contributed by atoms with Crippen molar-refractivity contribution in [1.82, 2.24) is 9.78 Å². The van der Waals surface area contributed by atoms with E-state index < -0.39 is 12.0 Å². The van der Waals surface area contributed by atoms with E-state index in [1.165, 1.54) is 20.3 Å². The first-order chi connectivity index (χ1) is 11.0. The van der Waals surface area contributed by atoms with Crippen molar-refractivity contribution >= 4 is 5.97 Å². The van der Waals surface area contributed by atoms with Crippen LogP contribution in [0.4, 0.5) is 0 Å². The Kier molecular flexibility index (Phi) is 5.00. The van der Waals surface area contributed by atoms with Gasteiger partial charge in [0.2, 0.25) is 0 Å². The lowest BCUT2D eigenvalue weighted by molar-refractivity contribution is -0.144. The van der Waals surface area contributed by atoms with Crippen molar-refractivity contribution in [3.8, 4) is 22.8 Å². The molecule has 2 rings (SSSR count). The molecule has 2 aromatic rings. The van der Waals surface area contributed by atoms with Crippen LogP contribution in [0.1, 0.15) is 13.0 Å². The highest BCUT2D eigenvalue weighted by Gasteiger charge is 2.19. The van der Waals surface area contributed by atoms with Gasteiger partial charge in [0.25, 0.3) is 5.56 Å². The summed E-state index contributed by atoms with van der Waals surface area (Å²) < 4.78 is 16.3. The minimum Gasteiger partial charge on any atom is -0.497 e. The number of hydrogen-bond donors (Lipinski definition) is 0. The van der Waals surface area contributed by atoms with Crippen molar-refractivity contribution in [2.75, 3.05) is 21.3 Å². The van der Waals surface area contributed by atoms with Gasteiger partial charge in [-0.3, -0.25) is 4.79 Å². The zero-order chi connectivity index (χ0) is 17.0. The third kappa shape index (κ3) is 3.33. The Morgan fingerprint density at radius 2 is 1.87 bits per heavy atom. The average molecular weight is 318 g/mol. The number of ether oxygens (including phenoxy) is 3. The summed E-state index contributed by atoms with van der Waals surface area (Å²) in [4.78, 5) is 23.6. The van der Waals surface area contributed by atoms with Gasteiger partial charge >= 0.3 is 5.97 Å². The fraction of sp³-hybridized carbons (Fsp3) is 0.312. The molecule has 1 aromatic heterocycles. The predicted octanol–water partition coefficient (Wildman–Crippen LogP) is 1.66. The van der Waals surface area contributed by atoms with E-state index in [4.69, 9.17) is 9.47 Å². The Balaban J connectivity index is 2.53. The summed E-state index contributed by atoms with van der Waals surface area (Å²) in [5.74, 6) is 0.646. The zero-order valence-corrected chi connectivity index (χ0v) is 13.4. The third-order valence-electron chi connectivity index (χ3n) is 3.42. The molecule has 0 aliphatic rings. The summed E-state index contributed by atoms with van der Waals surface area (Å²) >= 11 is 0. The second-order valence-corrected chi connectivity index (χ2v) is 4.77. The molecule has 122 valence electrons. The highest BCUT2D eigenvalue weighted by atomic mass is 16.5. The molecular weight excluding hydrogens is 300 g/mol. The van der Waals surface area contributed by atoms with E-state index in [-0.39, 0.29) is 5.56 Å². The minimum atomic E-state index is -0.823. The van der Waals surface area contributed by atoms with Crippen LogP contribution in [0.5, 0.6) is 11.5 Å². The number of carbonyl (C=O) groups is 1. The molecule has 1 heterocycles. The maximum Gasteiger partial charge on any atom is 0.330 e. The van der Waals surface area contributed by atoms with E-state index in [1.807, 2.05) is 0 Å². The topological polar surface area (TPSA) is 79.7 Å². The van der Waals surface area contributed by atoms with Crippen LogP contribution in [-0.4, -0.2) is 37.1 Å². The lowest BCUT2D eigenvalue weighted by atomic mass is 10.1. The smallest absolute Gasteiger partial charge is 0.330 e. The van der Waals surface area contributed by atoms with Crippen molar-refractivity contribution in [3.63, 3.8) is 0 Å². The Bertz CT molecular complexity index is 769. The molecule has 0 unspecified atom stereocenters. The van der Waals surface area contributed by atoms with Gasteiger partial charge in [-0.1, -0.05) is 0 Å². The van der Waals surface area contributed by atoms with Gasteiger partial charge < -0.3 is 14.2 Å². The van der Waals surface area contributed by atoms with Gasteiger partial charge in [-0.15, -0.1) is 0 Å². The van der Waals surface area contributed by atoms with Crippen molar-refractivity contribution in [1.29, 1.82) is 0 Å². The molecule has 0 saturated carbocycles. The molecule has 0 fully saturated rings. The van der Waals surface area contributed by atoms with Crippen molar-refractivity contribution in [2.24, 2.45) is 0 Å². The lowest BCUT2D eigenvalue weighted by Crippen LogP contribution is -2.30. The van der Waals surface area contributed by atoms with Crippen LogP contribution in [0.15, 0.2) is 35.1 Å². The molecular formula is C16H18N2O5. The number of benzene rings is 1. The fourth-order valence-electron chi connectivity index (χ4n) is 2.13. The molecule has 23 heavy (non-hydrogen) atoms. The second kappa shape index (κ2) is 6.95. The number of esters is 1. The standard InChI is InChI=1S/C16H18N2O5/c1-10(16(20)23-4)18-15(19)8-7-13(17-18)12-6-5-11(21-2)9-14(12)22-3/h5-10H,1-4H3/t10-/m0/s1. The highest BCUT2D eigenvalue weighted by Crippen LogP contribution is 2.31. The van der Waals surface area contributed by atoms with Gasteiger partial charge in [0.1, 0.15) is 11.5 Å². The first-order valence-corrected chi connectivity index (χ1v) is 6.92. The highest BCUT2D eigenvalue weighted by molar-refractivity contribution is 5.73. The van der Waals surface area contributed by atoms with Crippen LogP contribution in [0.25, 0.3) is 11.3 Å². The number of aromatic nitrogens is 2. The van der Waals surface area contributed by atoms with Gasteiger partial charge in [-0.2, -0.15) is 5.10 Å². The molecule has 0 radical (unpaired) electrons. The summed E-state index contributed by atoms with van der Waals surface area (Å²) in [6, 6.07) is 7.36. The van der Waals surface area contributed by atoms with E-state index in [9.17, 15) is 9.59 Å². The van der Waals surface area contributed by atoms with Gasteiger partial charge in [-0.05, 0) is 25.1 Å². The van der Waals surface area contributed by atoms with Crippen LogP contribution >= 0.6 is 0 Å². The first kappa shape index (κ1) is 16.5. The quantitative estimate of drug-likeness (QED) is 0.780. The molecule has 7 nitrogen and oxygen atoms in total. The normalized spacial score (nSPS) is 11.7.